The predicted octanol–water partition coefficient (Wildman–Crippen LogP) is -0.958. The molecule has 1 saturated heterocycles. The van der Waals surface area contributed by atoms with Gasteiger partial charge in [-0.05, 0) is 12.3 Å². The van der Waals surface area contributed by atoms with Crippen molar-refractivity contribution in [2.24, 2.45) is 5.92 Å². The molecule has 0 aliphatic carbocycles. The molecule has 9 heteroatoms. The van der Waals surface area contributed by atoms with Crippen molar-refractivity contribution in [2.75, 3.05) is 32.4 Å². The van der Waals surface area contributed by atoms with E-state index in [4.69, 9.17) is 5.11 Å². The normalized spacial score (nSPS) is 19.4. The van der Waals surface area contributed by atoms with Gasteiger partial charge in [-0.15, -0.1) is 0 Å². The molecule has 1 heterocycles. The van der Waals surface area contributed by atoms with E-state index in [0.29, 0.717) is 19.5 Å². The summed E-state index contributed by atoms with van der Waals surface area (Å²) in [7, 11) is -3.24. The number of aliphatic carboxylic acids is 1. The molecule has 0 aromatic rings. The van der Waals surface area contributed by atoms with Crippen LogP contribution in [-0.4, -0.2) is 62.9 Å². The van der Waals surface area contributed by atoms with Gasteiger partial charge in [-0.3, -0.25) is 4.79 Å². The van der Waals surface area contributed by atoms with Crippen LogP contribution < -0.4 is 10.0 Å². The Balaban J connectivity index is 2.22. The number of rotatable bonds is 6. The SMILES string of the molecule is CS(=O)(=O)NCCNC(=O)N1CCC(CC(=O)O)C1. The van der Waals surface area contributed by atoms with Crippen LogP contribution in [0.5, 0.6) is 0 Å². The Morgan fingerprint density at radius 2 is 2.05 bits per heavy atom. The zero-order valence-electron chi connectivity index (χ0n) is 10.8. The minimum absolute atomic E-state index is 0.00241. The van der Waals surface area contributed by atoms with Crippen molar-refractivity contribution in [3.63, 3.8) is 0 Å². The summed E-state index contributed by atoms with van der Waals surface area (Å²) in [5, 5.41) is 11.2. The number of hydrogen-bond acceptors (Lipinski definition) is 4. The summed E-state index contributed by atoms with van der Waals surface area (Å²) in [5.74, 6) is -0.859. The summed E-state index contributed by atoms with van der Waals surface area (Å²) >= 11 is 0. The predicted molar refractivity (Wildman–Crippen MR) is 68.2 cm³/mol. The maximum Gasteiger partial charge on any atom is 0.317 e. The van der Waals surface area contributed by atoms with Crippen LogP contribution in [-0.2, 0) is 14.8 Å². The van der Waals surface area contributed by atoms with Crippen LogP contribution in [0.3, 0.4) is 0 Å². The van der Waals surface area contributed by atoms with Crippen LogP contribution in [0, 0.1) is 5.92 Å². The van der Waals surface area contributed by atoms with Crippen molar-refractivity contribution in [1.82, 2.24) is 14.9 Å². The fourth-order valence-corrected chi connectivity index (χ4v) is 2.42. The number of likely N-dealkylation sites (tertiary alicyclic amines) is 1. The number of carbonyl (C=O) groups is 2. The highest BCUT2D eigenvalue weighted by atomic mass is 32.2. The summed E-state index contributed by atoms with van der Waals surface area (Å²) in [5.41, 5.74) is 0. The van der Waals surface area contributed by atoms with Crippen LogP contribution in [0.2, 0.25) is 0 Å². The standard InChI is InChI=1S/C10H19N3O5S/c1-19(17,18)12-4-3-11-10(16)13-5-2-8(7-13)6-9(14)15/h8,12H,2-7H2,1H3,(H,11,16)(H,14,15). The number of nitrogens with one attached hydrogen (secondary N) is 2. The summed E-state index contributed by atoms with van der Waals surface area (Å²) < 4.78 is 23.8. The zero-order chi connectivity index (χ0) is 14.5. The summed E-state index contributed by atoms with van der Waals surface area (Å²) in [4.78, 5) is 23.8. The van der Waals surface area contributed by atoms with Crippen molar-refractivity contribution in [1.29, 1.82) is 0 Å². The average molecular weight is 293 g/mol. The van der Waals surface area contributed by atoms with Crippen molar-refractivity contribution in [3.8, 4) is 0 Å². The van der Waals surface area contributed by atoms with Gasteiger partial charge >= 0.3 is 12.0 Å². The van der Waals surface area contributed by atoms with Gasteiger partial charge in [0.2, 0.25) is 10.0 Å². The number of carboxylic acids is 1. The highest BCUT2D eigenvalue weighted by molar-refractivity contribution is 7.88. The van der Waals surface area contributed by atoms with Crippen molar-refractivity contribution in [2.45, 2.75) is 12.8 Å². The highest BCUT2D eigenvalue weighted by Gasteiger charge is 2.27. The van der Waals surface area contributed by atoms with Crippen LogP contribution in [0.1, 0.15) is 12.8 Å². The van der Waals surface area contributed by atoms with Gasteiger partial charge in [-0.2, -0.15) is 0 Å². The number of amides is 2. The molecule has 1 atom stereocenters. The van der Waals surface area contributed by atoms with E-state index < -0.39 is 16.0 Å². The van der Waals surface area contributed by atoms with Gasteiger partial charge in [-0.1, -0.05) is 0 Å². The first kappa shape index (κ1) is 15.7. The van der Waals surface area contributed by atoms with E-state index in [-0.39, 0.29) is 31.5 Å². The molecule has 0 aromatic carbocycles. The molecular weight excluding hydrogens is 274 g/mol. The lowest BCUT2D eigenvalue weighted by Gasteiger charge is -2.17. The minimum atomic E-state index is -3.24. The first-order valence-electron chi connectivity index (χ1n) is 5.97. The van der Waals surface area contributed by atoms with E-state index in [9.17, 15) is 18.0 Å². The fraction of sp³-hybridized carbons (Fsp3) is 0.800. The Morgan fingerprint density at radius 1 is 1.37 bits per heavy atom. The van der Waals surface area contributed by atoms with E-state index in [1.807, 2.05) is 0 Å². The van der Waals surface area contributed by atoms with E-state index in [1.165, 1.54) is 0 Å². The number of urea groups is 1. The van der Waals surface area contributed by atoms with Gasteiger partial charge in [-0.25, -0.2) is 17.9 Å². The fourth-order valence-electron chi connectivity index (χ4n) is 1.95. The van der Waals surface area contributed by atoms with Crippen molar-refractivity contribution in [3.05, 3.63) is 0 Å². The summed E-state index contributed by atoms with van der Waals surface area (Å²) in [6.07, 6.45) is 1.80. The molecule has 19 heavy (non-hydrogen) atoms. The molecule has 1 aliphatic rings. The van der Waals surface area contributed by atoms with Crippen LogP contribution in [0.15, 0.2) is 0 Å². The van der Waals surface area contributed by atoms with Gasteiger partial charge in [0.15, 0.2) is 0 Å². The first-order chi connectivity index (χ1) is 8.78. The Bertz CT molecular complexity index is 436. The average Bonchev–Trinajstić information content (AvgIpc) is 2.70. The van der Waals surface area contributed by atoms with E-state index in [2.05, 4.69) is 10.0 Å². The third kappa shape index (κ3) is 6.39. The lowest BCUT2D eigenvalue weighted by molar-refractivity contribution is -0.138. The highest BCUT2D eigenvalue weighted by Crippen LogP contribution is 2.19. The molecule has 0 saturated carbocycles. The first-order valence-corrected chi connectivity index (χ1v) is 7.86. The summed E-state index contributed by atoms with van der Waals surface area (Å²) in [6, 6.07) is -0.289. The molecule has 110 valence electrons. The third-order valence-electron chi connectivity index (χ3n) is 2.80. The maximum atomic E-state index is 11.7. The molecule has 1 aliphatic heterocycles. The van der Waals surface area contributed by atoms with Gasteiger partial charge < -0.3 is 15.3 Å². The van der Waals surface area contributed by atoms with E-state index >= 15 is 0 Å². The maximum absolute atomic E-state index is 11.7. The number of sulfonamides is 1. The van der Waals surface area contributed by atoms with Gasteiger partial charge in [0, 0.05) is 32.6 Å². The summed E-state index contributed by atoms with van der Waals surface area (Å²) in [6.45, 7) is 1.30. The lowest BCUT2D eigenvalue weighted by Crippen LogP contribution is -2.42. The largest absolute Gasteiger partial charge is 0.481 e. The van der Waals surface area contributed by atoms with Crippen molar-refractivity contribution < 1.29 is 23.1 Å². The van der Waals surface area contributed by atoms with Gasteiger partial charge in [0.1, 0.15) is 0 Å². The van der Waals surface area contributed by atoms with Gasteiger partial charge in [0.25, 0.3) is 0 Å². The topological polar surface area (TPSA) is 116 Å². The molecule has 0 aromatic heterocycles. The van der Waals surface area contributed by atoms with E-state index in [0.717, 1.165) is 6.26 Å². The van der Waals surface area contributed by atoms with E-state index in [1.54, 1.807) is 4.90 Å². The minimum Gasteiger partial charge on any atom is -0.481 e. The Morgan fingerprint density at radius 3 is 2.63 bits per heavy atom. The smallest absolute Gasteiger partial charge is 0.317 e. The molecule has 0 radical (unpaired) electrons. The van der Waals surface area contributed by atoms with Gasteiger partial charge in [0.05, 0.1) is 6.26 Å². The van der Waals surface area contributed by atoms with Crippen LogP contribution in [0.4, 0.5) is 4.79 Å². The molecule has 1 rings (SSSR count). The molecule has 2 amide bonds. The molecule has 1 fully saturated rings. The lowest BCUT2D eigenvalue weighted by atomic mass is 10.1. The Hall–Kier alpha value is -1.35. The second kappa shape index (κ2) is 6.71. The number of hydrogen-bond donors (Lipinski definition) is 3. The monoisotopic (exact) mass is 293 g/mol. The molecule has 0 bridgehead atoms. The number of carboxylic acid groups (broad SMARTS) is 1. The second-order valence-corrected chi connectivity index (χ2v) is 6.43. The molecule has 0 spiro atoms. The van der Waals surface area contributed by atoms with Crippen LogP contribution >= 0.6 is 0 Å². The second-order valence-electron chi connectivity index (χ2n) is 4.60. The number of carbonyl (C=O) groups excluding carboxylic acids is 1. The molecule has 8 nitrogen and oxygen atoms in total. The molecular formula is C10H19N3O5S. The third-order valence-corrected chi connectivity index (χ3v) is 3.53. The van der Waals surface area contributed by atoms with Crippen LogP contribution in [0.25, 0.3) is 0 Å². The zero-order valence-corrected chi connectivity index (χ0v) is 11.6. The quantitative estimate of drug-likeness (QED) is 0.546. The van der Waals surface area contributed by atoms with Crippen molar-refractivity contribution >= 4 is 22.0 Å². The Kier molecular flexibility index (Phi) is 5.55. The molecule has 1 unspecified atom stereocenters. The number of nitrogens with zero attached hydrogens (tertiary/aromatic N) is 1. The Labute approximate surface area is 112 Å². The molecule has 3 N–H and O–H groups in total.